The molecule has 2 heterocycles. The third-order valence-electron chi connectivity index (χ3n) is 3.51. The first-order chi connectivity index (χ1) is 12.2. The predicted octanol–water partition coefficient (Wildman–Crippen LogP) is 2.32. The van der Waals surface area contributed by atoms with Crippen molar-refractivity contribution in [1.29, 1.82) is 5.26 Å². The zero-order valence-corrected chi connectivity index (χ0v) is 13.5. The zero-order valence-electron chi connectivity index (χ0n) is 13.5. The van der Waals surface area contributed by atoms with E-state index >= 15 is 0 Å². The van der Waals surface area contributed by atoms with Gasteiger partial charge in [0.15, 0.2) is 17.7 Å². The molecular formula is C18H15N5O2. The lowest BCUT2D eigenvalue weighted by Gasteiger charge is -2.13. The topological polar surface area (TPSA) is 105 Å². The minimum Gasteiger partial charge on any atom is -0.483 e. The van der Waals surface area contributed by atoms with Crippen LogP contribution in [0.25, 0.3) is 11.5 Å². The average Bonchev–Trinajstić information content (AvgIpc) is 3.11. The summed E-state index contributed by atoms with van der Waals surface area (Å²) in [5.41, 5.74) is 1.14. The van der Waals surface area contributed by atoms with Crippen LogP contribution in [0, 0.1) is 11.3 Å². The van der Waals surface area contributed by atoms with Crippen LogP contribution in [0.15, 0.2) is 48.7 Å². The number of rotatable bonds is 6. The number of carbonyl (C=O) groups is 1. The van der Waals surface area contributed by atoms with E-state index in [9.17, 15) is 4.79 Å². The molecular weight excluding hydrogens is 318 g/mol. The maximum atomic E-state index is 12.3. The van der Waals surface area contributed by atoms with Crippen LogP contribution in [0.1, 0.15) is 18.3 Å². The summed E-state index contributed by atoms with van der Waals surface area (Å²) >= 11 is 0. The van der Waals surface area contributed by atoms with E-state index in [-0.39, 0.29) is 12.2 Å². The summed E-state index contributed by atoms with van der Waals surface area (Å²) in [6.07, 6.45) is 1.06. The monoisotopic (exact) mass is 333 g/mol. The van der Waals surface area contributed by atoms with E-state index in [0.29, 0.717) is 28.7 Å². The molecule has 0 fully saturated rings. The molecule has 0 radical (unpaired) electrons. The molecule has 0 saturated heterocycles. The molecule has 7 heteroatoms. The Morgan fingerprint density at radius 3 is 2.92 bits per heavy atom. The molecule has 0 saturated carbocycles. The fourth-order valence-electron chi connectivity index (χ4n) is 2.21. The molecule has 0 aliphatic carbocycles. The van der Waals surface area contributed by atoms with Gasteiger partial charge in [0.2, 0.25) is 0 Å². The molecule has 2 aromatic heterocycles. The number of ketones is 1. The summed E-state index contributed by atoms with van der Waals surface area (Å²) in [7, 11) is 0. The number of carbonyl (C=O) groups excluding carboxylic acids is 1. The van der Waals surface area contributed by atoms with Gasteiger partial charge in [-0.25, -0.2) is 0 Å². The molecule has 25 heavy (non-hydrogen) atoms. The highest BCUT2D eigenvalue weighted by Gasteiger charge is 2.18. The van der Waals surface area contributed by atoms with Crippen molar-refractivity contribution in [3.05, 3.63) is 60.0 Å². The Bertz CT molecular complexity index is 914. The molecule has 0 spiro atoms. The normalized spacial score (nSPS) is 11.5. The van der Waals surface area contributed by atoms with Gasteiger partial charge in [-0.2, -0.15) is 5.26 Å². The Hall–Kier alpha value is -3.53. The van der Waals surface area contributed by atoms with Gasteiger partial charge in [-0.3, -0.25) is 9.78 Å². The van der Waals surface area contributed by atoms with Crippen molar-refractivity contribution in [3.8, 4) is 23.3 Å². The smallest absolute Gasteiger partial charge is 0.180 e. The van der Waals surface area contributed by atoms with Crippen molar-refractivity contribution in [2.75, 3.05) is 0 Å². The second-order valence-corrected chi connectivity index (χ2v) is 5.38. The standard InChI is InChI=1S/C18H15N5O2/c1-12(25-14-6-4-5-13(9-14)11-19)16(24)10-17-21-18(23-22-17)15-7-2-3-8-20-15/h2-9,12H,10H2,1H3,(H,21,22,23). The van der Waals surface area contributed by atoms with E-state index in [1.165, 1.54) is 0 Å². The van der Waals surface area contributed by atoms with Gasteiger partial charge in [0.05, 0.1) is 18.1 Å². The van der Waals surface area contributed by atoms with E-state index in [2.05, 4.69) is 20.2 Å². The lowest BCUT2D eigenvalue weighted by atomic mass is 10.2. The number of nitrogens with zero attached hydrogens (tertiary/aromatic N) is 4. The van der Waals surface area contributed by atoms with Gasteiger partial charge in [-0.15, -0.1) is 10.2 Å². The van der Waals surface area contributed by atoms with Crippen molar-refractivity contribution in [1.82, 2.24) is 20.2 Å². The molecule has 0 aliphatic rings. The molecule has 1 aromatic carbocycles. The Morgan fingerprint density at radius 1 is 1.28 bits per heavy atom. The van der Waals surface area contributed by atoms with Crippen LogP contribution < -0.4 is 4.74 Å². The van der Waals surface area contributed by atoms with E-state index in [4.69, 9.17) is 10.00 Å². The van der Waals surface area contributed by atoms with E-state index in [1.54, 1.807) is 43.5 Å². The first-order valence-electron chi connectivity index (χ1n) is 7.68. The maximum Gasteiger partial charge on any atom is 0.180 e. The quantitative estimate of drug-likeness (QED) is 0.742. The fraction of sp³-hybridized carbons (Fsp3) is 0.167. The summed E-state index contributed by atoms with van der Waals surface area (Å²) in [4.78, 5) is 19.5. The number of aromatic amines is 1. The molecule has 3 aromatic rings. The van der Waals surface area contributed by atoms with E-state index in [1.807, 2.05) is 18.2 Å². The lowest BCUT2D eigenvalue weighted by Crippen LogP contribution is -2.25. The van der Waals surface area contributed by atoms with E-state index < -0.39 is 6.10 Å². The zero-order chi connectivity index (χ0) is 17.6. The predicted molar refractivity (Wildman–Crippen MR) is 89.6 cm³/mol. The van der Waals surface area contributed by atoms with Gasteiger partial charge < -0.3 is 9.72 Å². The number of aromatic nitrogens is 4. The maximum absolute atomic E-state index is 12.3. The highest BCUT2D eigenvalue weighted by Crippen LogP contribution is 2.16. The average molecular weight is 333 g/mol. The van der Waals surface area contributed by atoms with Gasteiger partial charge in [0, 0.05) is 6.20 Å². The molecule has 1 N–H and O–H groups in total. The van der Waals surface area contributed by atoms with Crippen molar-refractivity contribution in [2.45, 2.75) is 19.4 Å². The van der Waals surface area contributed by atoms with Gasteiger partial charge in [0.1, 0.15) is 17.3 Å². The summed E-state index contributed by atoms with van der Waals surface area (Å²) < 4.78 is 5.61. The number of hydrogen-bond donors (Lipinski definition) is 1. The Morgan fingerprint density at radius 2 is 2.16 bits per heavy atom. The van der Waals surface area contributed by atoms with Gasteiger partial charge in [0.25, 0.3) is 0 Å². The highest BCUT2D eigenvalue weighted by molar-refractivity contribution is 5.84. The SMILES string of the molecule is CC(Oc1cccc(C#N)c1)C(=O)Cc1nnc(-c2ccccn2)[nH]1. The minimum absolute atomic E-state index is 0.0684. The van der Waals surface area contributed by atoms with Crippen molar-refractivity contribution in [3.63, 3.8) is 0 Å². The number of hydrogen-bond acceptors (Lipinski definition) is 6. The molecule has 124 valence electrons. The molecule has 1 unspecified atom stereocenters. The summed E-state index contributed by atoms with van der Waals surface area (Å²) in [6, 6.07) is 14.2. The van der Waals surface area contributed by atoms with E-state index in [0.717, 1.165) is 0 Å². The lowest BCUT2D eigenvalue weighted by molar-refractivity contribution is -0.124. The van der Waals surface area contributed by atoms with Crippen molar-refractivity contribution < 1.29 is 9.53 Å². The molecule has 0 amide bonds. The third kappa shape index (κ3) is 4.06. The Labute approximate surface area is 144 Å². The molecule has 1 atom stereocenters. The largest absolute Gasteiger partial charge is 0.483 e. The first kappa shape index (κ1) is 16.3. The second-order valence-electron chi connectivity index (χ2n) is 5.38. The second kappa shape index (κ2) is 7.36. The molecule has 0 aliphatic heterocycles. The molecule has 0 bridgehead atoms. The van der Waals surface area contributed by atoms with Gasteiger partial charge in [-0.05, 0) is 37.3 Å². The van der Waals surface area contributed by atoms with Crippen LogP contribution in [0.4, 0.5) is 0 Å². The number of H-pyrrole nitrogens is 1. The van der Waals surface area contributed by atoms with Crippen LogP contribution in [0.2, 0.25) is 0 Å². The number of nitrogens with one attached hydrogen (secondary N) is 1. The van der Waals surface area contributed by atoms with Crippen LogP contribution >= 0.6 is 0 Å². The minimum atomic E-state index is -0.669. The summed E-state index contributed by atoms with van der Waals surface area (Å²) in [5.74, 6) is 1.29. The number of ether oxygens (including phenoxy) is 1. The highest BCUT2D eigenvalue weighted by atomic mass is 16.5. The van der Waals surface area contributed by atoms with Crippen LogP contribution in [0.3, 0.4) is 0 Å². The van der Waals surface area contributed by atoms with Crippen molar-refractivity contribution >= 4 is 5.78 Å². The molecule has 3 rings (SSSR count). The number of Topliss-reactive ketones (excluding diaryl/α,β-unsaturated/α-hetero) is 1. The number of nitriles is 1. The molecule has 7 nitrogen and oxygen atoms in total. The number of benzene rings is 1. The summed E-state index contributed by atoms with van der Waals surface area (Å²) in [6.45, 7) is 1.66. The van der Waals surface area contributed by atoms with Gasteiger partial charge >= 0.3 is 0 Å². The van der Waals surface area contributed by atoms with Crippen molar-refractivity contribution in [2.24, 2.45) is 0 Å². The fourth-order valence-corrected chi connectivity index (χ4v) is 2.21. The Balaban J connectivity index is 1.64. The number of pyridine rings is 1. The Kier molecular flexibility index (Phi) is 4.81. The van der Waals surface area contributed by atoms with Gasteiger partial charge in [-0.1, -0.05) is 12.1 Å². The summed E-state index contributed by atoms with van der Waals surface area (Å²) in [5, 5.41) is 16.9. The third-order valence-corrected chi connectivity index (χ3v) is 3.51. The van der Waals surface area contributed by atoms with Crippen LogP contribution in [0.5, 0.6) is 5.75 Å². The first-order valence-corrected chi connectivity index (χ1v) is 7.68. The van der Waals surface area contributed by atoms with Crippen LogP contribution in [-0.4, -0.2) is 32.1 Å². The van der Waals surface area contributed by atoms with Crippen LogP contribution in [-0.2, 0) is 11.2 Å².